The molecule has 0 bridgehead atoms. The number of amides is 1. The van der Waals surface area contributed by atoms with Crippen LogP contribution in [0.15, 0.2) is 65.7 Å². The minimum Gasteiger partial charge on any atom is -0.507 e. The molecular weight excluding hydrogens is 452 g/mol. The van der Waals surface area contributed by atoms with Gasteiger partial charge in [0.2, 0.25) is 0 Å². The lowest BCUT2D eigenvalue weighted by atomic mass is 9.95. The van der Waals surface area contributed by atoms with E-state index in [1.165, 1.54) is 16.2 Å². The summed E-state index contributed by atoms with van der Waals surface area (Å²) in [5.74, 6) is -0.487. The summed E-state index contributed by atoms with van der Waals surface area (Å²) < 4.78 is 11.3. The quantitative estimate of drug-likeness (QED) is 0.193. The largest absolute Gasteiger partial charge is 0.507 e. The highest BCUT2D eigenvalue weighted by molar-refractivity contribution is 7.14. The number of carbonyl (C=O) groups is 2. The molecule has 3 aromatic rings. The smallest absolute Gasteiger partial charge is 0.301 e. The first kappa shape index (κ1) is 23.5. The maximum Gasteiger partial charge on any atom is 0.301 e. The zero-order valence-corrected chi connectivity index (χ0v) is 19.9. The molecule has 1 saturated heterocycles. The van der Waals surface area contributed by atoms with Crippen molar-refractivity contribution < 1.29 is 24.2 Å². The zero-order valence-electron chi connectivity index (χ0n) is 19.1. The number of thiazole rings is 1. The molecule has 1 N–H and O–H groups in total. The van der Waals surface area contributed by atoms with Gasteiger partial charge in [-0.15, -0.1) is 11.3 Å². The normalized spacial score (nSPS) is 17.2. The Kier molecular flexibility index (Phi) is 7.27. The number of nitrogens with zero attached hydrogens (tertiary/aromatic N) is 2. The number of ether oxygens (including phenoxy) is 2. The van der Waals surface area contributed by atoms with Crippen LogP contribution in [-0.2, 0) is 9.59 Å². The van der Waals surface area contributed by atoms with Gasteiger partial charge in [-0.2, -0.15) is 0 Å². The Bertz CT molecular complexity index is 1190. The molecule has 8 heteroatoms. The Labute approximate surface area is 202 Å². The maximum absolute atomic E-state index is 13.2. The highest BCUT2D eigenvalue weighted by Gasteiger charge is 2.48. The summed E-state index contributed by atoms with van der Waals surface area (Å²) >= 11 is 1.25. The number of anilines is 1. The fourth-order valence-corrected chi connectivity index (χ4v) is 4.48. The Morgan fingerprint density at radius 2 is 1.88 bits per heavy atom. The number of aliphatic hydroxyl groups excluding tert-OH is 1. The third-order valence-electron chi connectivity index (χ3n) is 5.45. The first-order chi connectivity index (χ1) is 16.5. The molecule has 2 heterocycles. The summed E-state index contributed by atoms with van der Waals surface area (Å²) in [6.07, 6.45) is 3.56. The van der Waals surface area contributed by atoms with Crippen LogP contribution in [0.4, 0.5) is 5.13 Å². The number of unbranched alkanes of at least 4 members (excludes halogenated alkanes) is 1. The van der Waals surface area contributed by atoms with Crippen LogP contribution in [0.5, 0.6) is 11.5 Å². The van der Waals surface area contributed by atoms with Gasteiger partial charge in [0.25, 0.3) is 5.78 Å². The van der Waals surface area contributed by atoms with Crippen LogP contribution >= 0.6 is 11.3 Å². The van der Waals surface area contributed by atoms with Crippen molar-refractivity contribution in [2.24, 2.45) is 0 Å². The van der Waals surface area contributed by atoms with E-state index in [1.807, 2.05) is 31.2 Å². The summed E-state index contributed by atoms with van der Waals surface area (Å²) in [6.45, 7) is 5.04. The molecule has 1 aliphatic rings. The SMILES string of the molecule is CCCCOc1ccc(C2/C(=C(\O)c3cccc(OCC)c3)C(=O)C(=O)N2c2nccs2)cc1. The monoisotopic (exact) mass is 478 g/mol. The Hall–Kier alpha value is -3.65. The Morgan fingerprint density at radius 3 is 2.56 bits per heavy atom. The van der Waals surface area contributed by atoms with E-state index in [1.54, 1.807) is 35.8 Å². The number of aromatic nitrogens is 1. The number of hydrogen-bond donors (Lipinski definition) is 1. The first-order valence-corrected chi connectivity index (χ1v) is 12.1. The second-order valence-electron chi connectivity index (χ2n) is 7.72. The molecule has 1 amide bonds. The summed E-state index contributed by atoms with van der Waals surface area (Å²) in [5, 5.41) is 13.4. The molecule has 1 aliphatic heterocycles. The van der Waals surface area contributed by atoms with Crippen molar-refractivity contribution in [2.75, 3.05) is 18.1 Å². The molecule has 1 atom stereocenters. The van der Waals surface area contributed by atoms with Gasteiger partial charge in [-0.1, -0.05) is 37.6 Å². The van der Waals surface area contributed by atoms with Gasteiger partial charge >= 0.3 is 5.91 Å². The lowest BCUT2D eigenvalue weighted by molar-refractivity contribution is -0.132. The van der Waals surface area contributed by atoms with Gasteiger partial charge in [-0.05, 0) is 43.2 Å². The van der Waals surface area contributed by atoms with Crippen molar-refractivity contribution in [3.8, 4) is 11.5 Å². The van der Waals surface area contributed by atoms with E-state index < -0.39 is 17.7 Å². The summed E-state index contributed by atoms with van der Waals surface area (Å²) in [7, 11) is 0. The highest BCUT2D eigenvalue weighted by atomic mass is 32.1. The Morgan fingerprint density at radius 1 is 1.09 bits per heavy atom. The number of hydrogen-bond acceptors (Lipinski definition) is 7. The van der Waals surface area contributed by atoms with Gasteiger partial charge in [-0.25, -0.2) is 4.98 Å². The van der Waals surface area contributed by atoms with Crippen LogP contribution in [0.1, 0.15) is 43.9 Å². The van der Waals surface area contributed by atoms with Crippen LogP contribution in [0.3, 0.4) is 0 Å². The molecule has 2 aromatic carbocycles. The third kappa shape index (κ3) is 4.68. The van der Waals surface area contributed by atoms with Gasteiger partial charge in [0.1, 0.15) is 17.3 Å². The molecule has 7 nitrogen and oxygen atoms in total. The van der Waals surface area contributed by atoms with Gasteiger partial charge in [0, 0.05) is 17.1 Å². The molecule has 176 valence electrons. The molecule has 0 aliphatic carbocycles. The third-order valence-corrected chi connectivity index (χ3v) is 6.22. The average molecular weight is 479 g/mol. The van der Waals surface area contributed by atoms with Crippen LogP contribution in [0, 0.1) is 0 Å². The lowest BCUT2D eigenvalue weighted by Gasteiger charge is -2.23. The van der Waals surface area contributed by atoms with E-state index in [0.29, 0.717) is 41.0 Å². The minimum atomic E-state index is -0.827. The molecule has 0 spiro atoms. The van der Waals surface area contributed by atoms with Crippen molar-refractivity contribution in [2.45, 2.75) is 32.7 Å². The highest BCUT2D eigenvalue weighted by Crippen LogP contribution is 2.43. The van der Waals surface area contributed by atoms with Crippen LogP contribution < -0.4 is 14.4 Å². The van der Waals surface area contributed by atoms with E-state index in [2.05, 4.69) is 11.9 Å². The molecule has 1 aromatic heterocycles. The van der Waals surface area contributed by atoms with Crippen molar-refractivity contribution >= 4 is 33.9 Å². The molecule has 0 saturated carbocycles. The zero-order chi connectivity index (χ0) is 24.1. The van der Waals surface area contributed by atoms with E-state index in [0.717, 1.165) is 12.8 Å². The molecule has 0 radical (unpaired) electrons. The lowest BCUT2D eigenvalue weighted by Crippen LogP contribution is -2.29. The molecule has 1 unspecified atom stereocenters. The van der Waals surface area contributed by atoms with E-state index in [-0.39, 0.29) is 11.3 Å². The van der Waals surface area contributed by atoms with Crippen molar-refractivity contribution in [1.29, 1.82) is 0 Å². The van der Waals surface area contributed by atoms with Crippen LogP contribution in [0.2, 0.25) is 0 Å². The van der Waals surface area contributed by atoms with Crippen molar-refractivity contribution in [3.05, 3.63) is 76.8 Å². The second-order valence-corrected chi connectivity index (χ2v) is 8.59. The fraction of sp³-hybridized carbons (Fsp3) is 0.269. The predicted molar refractivity (Wildman–Crippen MR) is 131 cm³/mol. The van der Waals surface area contributed by atoms with E-state index in [9.17, 15) is 14.7 Å². The van der Waals surface area contributed by atoms with E-state index in [4.69, 9.17) is 9.47 Å². The predicted octanol–water partition coefficient (Wildman–Crippen LogP) is 5.35. The number of carbonyl (C=O) groups excluding carboxylic acids is 2. The number of benzene rings is 2. The van der Waals surface area contributed by atoms with E-state index >= 15 is 0 Å². The first-order valence-electron chi connectivity index (χ1n) is 11.2. The molecule has 4 rings (SSSR count). The number of aliphatic hydroxyl groups is 1. The van der Waals surface area contributed by atoms with Crippen LogP contribution in [-0.4, -0.2) is 35.0 Å². The summed E-state index contributed by atoms with van der Waals surface area (Å²) in [5.41, 5.74) is 1.07. The Balaban J connectivity index is 1.79. The number of rotatable bonds is 9. The second kappa shape index (κ2) is 10.5. The minimum absolute atomic E-state index is 0.00787. The fourth-order valence-electron chi connectivity index (χ4n) is 3.82. The van der Waals surface area contributed by atoms with Gasteiger partial charge in [0.05, 0.1) is 24.8 Å². The van der Waals surface area contributed by atoms with Gasteiger partial charge in [-0.3, -0.25) is 14.5 Å². The van der Waals surface area contributed by atoms with Gasteiger partial charge in [0.15, 0.2) is 5.13 Å². The average Bonchev–Trinajstić information content (AvgIpc) is 3.46. The van der Waals surface area contributed by atoms with Gasteiger partial charge < -0.3 is 14.6 Å². The number of ketones is 1. The standard InChI is InChI=1S/C26H26N2O5S/c1-3-5-14-33-19-11-9-17(10-12-19)22-21(23(29)18-7-6-8-20(16-18)32-4-2)24(30)25(31)28(22)26-27-13-15-34-26/h6-13,15-16,22,29H,3-5,14H2,1-2H3/b23-21+. The van der Waals surface area contributed by atoms with Crippen molar-refractivity contribution in [1.82, 2.24) is 4.98 Å². The molecule has 1 fully saturated rings. The molecular formula is C26H26N2O5S. The summed E-state index contributed by atoms with van der Waals surface area (Å²) in [4.78, 5) is 31.9. The topological polar surface area (TPSA) is 89.0 Å². The van der Waals surface area contributed by atoms with Crippen molar-refractivity contribution in [3.63, 3.8) is 0 Å². The molecule has 34 heavy (non-hydrogen) atoms. The number of Topliss-reactive ketones (excluding diaryl/α,β-unsaturated/α-hetero) is 1. The maximum atomic E-state index is 13.2. The summed E-state index contributed by atoms with van der Waals surface area (Å²) in [6, 6.07) is 13.2. The van der Waals surface area contributed by atoms with Crippen LogP contribution in [0.25, 0.3) is 5.76 Å².